The molecule has 5 heteroatoms. The highest BCUT2D eigenvalue weighted by atomic mass is 79.9. The molecule has 1 aromatic heterocycles. The summed E-state index contributed by atoms with van der Waals surface area (Å²) in [6, 6.07) is 21.9. The van der Waals surface area contributed by atoms with E-state index in [9.17, 15) is 0 Å². The first-order valence-electron chi connectivity index (χ1n) is 8.84. The maximum atomic E-state index is 15.1. The third-order valence-electron chi connectivity index (χ3n) is 4.48. The molecule has 3 aromatic carbocycles. The molecule has 0 fully saturated rings. The fraction of sp³-hybridized carbons (Fsp3) is 0.130. The van der Waals surface area contributed by atoms with Gasteiger partial charge in [0.05, 0.1) is 11.6 Å². The molecule has 28 heavy (non-hydrogen) atoms. The minimum atomic E-state index is -0.482. The van der Waals surface area contributed by atoms with Gasteiger partial charge < -0.3 is 9.47 Å². The van der Waals surface area contributed by atoms with Crippen LogP contribution in [0.4, 0.5) is 4.39 Å². The lowest BCUT2D eigenvalue weighted by Gasteiger charge is -2.15. The van der Waals surface area contributed by atoms with E-state index < -0.39 is 5.82 Å². The molecular weight excluding hydrogens is 439 g/mol. The zero-order chi connectivity index (χ0) is 19.5. The molecule has 1 heterocycles. The fourth-order valence-electron chi connectivity index (χ4n) is 3.16. The number of hydrogen-bond donors (Lipinski definition) is 0. The summed E-state index contributed by atoms with van der Waals surface area (Å²) in [5.41, 5.74) is 1.76. The molecule has 2 nitrogen and oxygen atoms in total. The van der Waals surface area contributed by atoms with Gasteiger partial charge in [0.2, 0.25) is 5.82 Å². The molecule has 4 aromatic rings. The Kier molecular flexibility index (Phi) is 5.64. The maximum Gasteiger partial charge on any atom is 0.208 e. The average molecular weight is 457 g/mol. The van der Waals surface area contributed by atoms with Crippen molar-refractivity contribution in [1.29, 1.82) is 0 Å². The molecular formula is C23H18BrFO2S. The van der Waals surface area contributed by atoms with Crippen LogP contribution in [-0.4, -0.2) is 7.11 Å². The second-order valence-corrected chi connectivity index (χ2v) is 8.42. The monoisotopic (exact) mass is 456 g/mol. The molecule has 0 unspecified atom stereocenters. The van der Waals surface area contributed by atoms with Crippen molar-refractivity contribution >= 4 is 37.4 Å². The minimum Gasteiger partial charge on any atom is -0.493 e. The molecule has 0 aliphatic rings. The van der Waals surface area contributed by atoms with Gasteiger partial charge in [0.15, 0.2) is 11.5 Å². The topological polar surface area (TPSA) is 18.5 Å². The van der Waals surface area contributed by atoms with Crippen LogP contribution in [0.25, 0.3) is 10.1 Å². The summed E-state index contributed by atoms with van der Waals surface area (Å²) in [5.74, 6) is -0.0894. The van der Waals surface area contributed by atoms with Gasteiger partial charge in [-0.1, -0.05) is 48.5 Å². The van der Waals surface area contributed by atoms with Gasteiger partial charge in [-0.05, 0) is 45.1 Å². The van der Waals surface area contributed by atoms with Gasteiger partial charge in [0.25, 0.3) is 0 Å². The summed E-state index contributed by atoms with van der Waals surface area (Å²) in [4.78, 5) is 1.16. The Hall–Kier alpha value is -2.37. The van der Waals surface area contributed by atoms with Gasteiger partial charge in [-0.3, -0.25) is 0 Å². The van der Waals surface area contributed by atoms with Gasteiger partial charge >= 0.3 is 0 Å². The van der Waals surface area contributed by atoms with Crippen LogP contribution in [0.1, 0.15) is 16.0 Å². The molecule has 0 aliphatic heterocycles. The SMILES string of the molecule is COc1c(Cc2cc3ccccc3s2)cc(Br)c(OCc2ccccc2)c1F. The number of methoxy groups -OCH3 is 1. The molecule has 0 aliphatic carbocycles. The fourth-order valence-corrected chi connectivity index (χ4v) is 4.81. The van der Waals surface area contributed by atoms with Crippen molar-refractivity contribution in [3.63, 3.8) is 0 Å². The molecule has 4 rings (SSSR count). The van der Waals surface area contributed by atoms with Crippen molar-refractivity contribution in [2.24, 2.45) is 0 Å². The van der Waals surface area contributed by atoms with E-state index in [2.05, 4.69) is 34.1 Å². The largest absolute Gasteiger partial charge is 0.493 e. The van der Waals surface area contributed by atoms with Gasteiger partial charge in [-0.2, -0.15) is 4.39 Å². The van der Waals surface area contributed by atoms with Gasteiger partial charge in [-0.15, -0.1) is 11.3 Å². The van der Waals surface area contributed by atoms with E-state index in [-0.39, 0.29) is 18.1 Å². The van der Waals surface area contributed by atoms with E-state index >= 15 is 4.39 Å². The van der Waals surface area contributed by atoms with Crippen LogP contribution in [0, 0.1) is 5.82 Å². The van der Waals surface area contributed by atoms with E-state index in [4.69, 9.17) is 9.47 Å². The molecule has 0 amide bonds. The molecule has 0 N–H and O–H groups in total. The van der Waals surface area contributed by atoms with Crippen LogP contribution in [0.15, 0.2) is 71.2 Å². The van der Waals surface area contributed by atoms with E-state index in [0.29, 0.717) is 10.9 Å². The van der Waals surface area contributed by atoms with E-state index in [1.54, 1.807) is 11.3 Å². The predicted molar refractivity (Wildman–Crippen MR) is 116 cm³/mol. The first-order valence-corrected chi connectivity index (χ1v) is 10.5. The smallest absolute Gasteiger partial charge is 0.208 e. The standard InChI is InChI=1S/C23H18BrFO2S/c1-26-22-17(12-18-11-16-9-5-6-10-20(16)28-18)13-19(24)23(21(22)25)27-14-15-7-3-2-4-8-15/h2-11,13H,12,14H2,1H3. The summed E-state index contributed by atoms with van der Waals surface area (Å²) in [6.45, 7) is 0.287. The summed E-state index contributed by atoms with van der Waals surface area (Å²) < 4.78 is 28.1. The highest BCUT2D eigenvalue weighted by Crippen LogP contribution is 2.39. The number of rotatable bonds is 6. The average Bonchev–Trinajstić information content (AvgIpc) is 3.11. The van der Waals surface area contributed by atoms with Crippen molar-refractivity contribution in [3.05, 3.63) is 93.0 Å². The Morgan fingerprint density at radius 3 is 2.46 bits per heavy atom. The minimum absolute atomic E-state index is 0.167. The Balaban J connectivity index is 1.63. The van der Waals surface area contributed by atoms with Crippen LogP contribution in [-0.2, 0) is 13.0 Å². The van der Waals surface area contributed by atoms with Crippen molar-refractivity contribution in [2.75, 3.05) is 7.11 Å². The van der Waals surface area contributed by atoms with Gasteiger partial charge in [-0.25, -0.2) is 0 Å². The number of hydrogen-bond acceptors (Lipinski definition) is 3. The number of thiophene rings is 1. The lowest BCUT2D eigenvalue weighted by molar-refractivity contribution is 0.279. The highest BCUT2D eigenvalue weighted by molar-refractivity contribution is 9.10. The number of benzene rings is 3. The molecule has 0 spiro atoms. The summed E-state index contributed by atoms with van der Waals surface area (Å²) in [5, 5.41) is 1.20. The van der Waals surface area contributed by atoms with Crippen molar-refractivity contribution in [2.45, 2.75) is 13.0 Å². The molecule has 0 saturated carbocycles. The van der Waals surface area contributed by atoms with Crippen LogP contribution >= 0.6 is 27.3 Å². The Morgan fingerprint density at radius 1 is 0.964 bits per heavy atom. The first kappa shape index (κ1) is 19.0. The lowest BCUT2D eigenvalue weighted by Crippen LogP contribution is -2.03. The van der Waals surface area contributed by atoms with E-state index in [0.717, 1.165) is 16.0 Å². The predicted octanol–water partition coefficient (Wildman–Crippen LogP) is 6.98. The molecule has 0 bridgehead atoms. The van der Waals surface area contributed by atoms with Crippen LogP contribution in [0.3, 0.4) is 0 Å². The summed E-state index contributed by atoms with van der Waals surface area (Å²) in [6.07, 6.45) is 0.594. The Labute approximate surface area is 175 Å². The molecule has 0 atom stereocenters. The number of ether oxygens (including phenoxy) is 2. The zero-order valence-electron chi connectivity index (χ0n) is 15.2. The second-order valence-electron chi connectivity index (χ2n) is 6.40. The molecule has 0 radical (unpaired) electrons. The summed E-state index contributed by atoms with van der Waals surface area (Å²) >= 11 is 5.18. The van der Waals surface area contributed by atoms with Crippen LogP contribution in [0.5, 0.6) is 11.5 Å². The maximum absolute atomic E-state index is 15.1. The Morgan fingerprint density at radius 2 is 1.71 bits per heavy atom. The molecule has 142 valence electrons. The third kappa shape index (κ3) is 3.91. The summed E-state index contributed by atoms with van der Waals surface area (Å²) in [7, 11) is 1.49. The van der Waals surface area contributed by atoms with Crippen molar-refractivity contribution < 1.29 is 13.9 Å². The zero-order valence-corrected chi connectivity index (χ0v) is 17.6. The van der Waals surface area contributed by atoms with E-state index in [1.807, 2.05) is 48.5 Å². The normalized spacial score (nSPS) is 11.0. The number of halogens is 2. The Bertz CT molecular complexity index is 1080. The second kappa shape index (κ2) is 8.33. The number of fused-ring (bicyclic) bond motifs is 1. The van der Waals surface area contributed by atoms with Gasteiger partial charge in [0, 0.05) is 21.6 Å². The first-order chi connectivity index (χ1) is 13.7. The van der Waals surface area contributed by atoms with Crippen molar-refractivity contribution in [1.82, 2.24) is 0 Å². The van der Waals surface area contributed by atoms with E-state index in [1.165, 1.54) is 17.2 Å². The molecule has 0 saturated heterocycles. The highest BCUT2D eigenvalue weighted by Gasteiger charge is 2.20. The lowest BCUT2D eigenvalue weighted by atomic mass is 10.1. The van der Waals surface area contributed by atoms with Gasteiger partial charge in [0.1, 0.15) is 6.61 Å². The quantitative estimate of drug-likeness (QED) is 0.311. The van der Waals surface area contributed by atoms with Crippen LogP contribution in [0.2, 0.25) is 0 Å². The third-order valence-corrected chi connectivity index (χ3v) is 6.18. The van der Waals surface area contributed by atoms with Crippen LogP contribution < -0.4 is 9.47 Å². The van der Waals surface area contributed by atoms with Crippen molar-refractivity contribution in [3.8, 4) is 11.5 Å².